The highest BCUT2D eigenvalue weighted by Gasteiger charge is 2.18. The number of aryl methyl sites for hydroxylation is 1. The van der Waals surface area contributed by atoms with Crippen LogP contribution in [-0.2, 0) is 22.7 Å². The summed E-state index contributed by atoms with van der Waals surface area (Å²) in [6, 6.07) is 26.3. The van der Waals surface area contributed by atoms with Gasteiger partial charge in [-0.2, -0.15) is 0 Å². The number of benzene rings is 3. The number of rotatable bonds is 10. The standard InChI is InChI=1S/C30H28O6S/c1-21-9-11-22(12-10-21)27-17-23(18-33-29(37)34-25-7-5-4-6-8-25)28(35-27)19-32-24-13-15-26(16-14-24)36-30(2,3)20-31/h4-17,20H,18-19H2,1-3H3. The lowest BCUT2D eigenvalue weighted by molar-refractivity contribution is -0.118. The van der Waals surface area contributed by atoms with Crippen molar-refractivity contribution in [2.45, 2.75) is 39.6 Å². The molecule has 0 spiro atoms. The molecule has 0 aliphatic carbocycles. The second-order valence-corrected chi connectivity index (χ2v) is 9.30. The fourth-order valence-corrected chi connectivity index (χ4v) is 3.56. The summed E-state index contributed by atoms with van der Waals surface area (Å²) >= 11 is 5.25. The molecule has 0 N–H and O–H groups in total. The Labute approximate surface area is 221 Å². The summed E-state index contributed by atoms with van der Waals surface area (Å²) in [6.07, 6.45) is 0.764. The molecule has 0 saturated carbocycles. The van der Waals surface area contributed by atoms with E-state index in [0.717, 1.165) is 23.0 Å². The van der Waals surface area contributed by atoms with Gasteiger partial charge in [0.25, 0.3) is 0 Å². The minimum Gasteiger partial charge on any atom is -0.486 e. The maximum absolute atomic E-state index is 11.1. The van der Waals surface area contributed by atoms with Crippen molar-refractivity contribution in [3.8, 4) is 28.6 Å². The summed E-state index contributed by atoms with van der Waals surface area (Å²) in [5.74, 6) is 3.12. The Bertz CT molecular complexity index is 1330. The van der Waals surface area contributed by atoms with Gasteiger partial charge < -0.3 is 23.4 Å². The molecule has 0 atom stereocenters. The molecule has 4 aromatic rings. The molecule has 37 heavy (non-hydrogen) atoms. The molecule has 0 aliphatic rings. The van der Waals surface area contributed by atoms with E-state index in [1.54, 1.807) is 50.2 Å². The highest BCUT2D eigenvalue weighted by atomic mass is 32.1. The number of carbonyl (C=O) groups excluding carboxylic acids is 1. The molecule has 6 nitrogen and oxygen atoms in total. The summed E-state index contributed by atoms with van der Waals surface area (Å²) in [5.41, 5.74) is 2.00. The summed E-state index contributed by atoms with van der Waals surface area (Å²) < 4.78 is 29.1. The van der Waals surface area contributed by atoms with Crippen LogP contribution in [0.4, 0.5) is 0 Å². The molecular formula is C30H28O6S. The Morgan fingerprint density at radius 1 is 0.892 bits per heavy atom. The van der Waals surface area contributed by atoms with Gasteiger partial charge in [0.2, 0.25) is 0 Å². The number of hydrogen-bond donors (Lipinski definition) is 0. The Hall–Kier alpha value is -4.10. The molecule has 3 aromatic carbocycles. The zero-order valence-electron chi connectivity index (χ0n) is 20.9. The average molecular weight is 517 g/mol. The molecule has 0 amide bonds. The summed E-state index contributed by atoms with van der Waals surface area (Å²) in [5, 5.41) is 0.0185. The van der Waals surface area contributed by atoms with Gasteiger partial charge in [-0.3, -0.25) is 4.79 Å². The molecule has 0 radical (unpaired) electrons. The van der Waals surface area contributed by atoms with Crippen LogP contribution < -0.4 is 14.2 Å². The molecule has 7 heteroatoms. The number of ether oxygens (including phenoxy) is 4. The van der Waals surface area contributed by atoms with Crippen LogP contribution in [0.3, 0.4) is 0 Å². The van der Waals surface area contributed by atoms with Gasteiger partial charge in [0.1, 0.15) is 42.0 Å². The number of thiocarbonyl (C=S) groups is 1. The van der Waals surface area contributed by atoms with Crippen molar-refractivity contribution in [2.75, 3.05) is 0 Å². The van der Waals surface area contributed by atoms with Gasteiger partial charge >= 0.3 is 5.24 Å². The lowest BCUT2D eigenvalue weighted by Gasteiger charge is -2.19. The predicted molar refractivity (Wildman–Crippen MR) is 145 cm³/mol. The Morgan fingerprint density at radius 2 is 1.57 bits per heavy atom. The molecule has 0 fully saturated rings. The van der Waals surface area contributed by atoms with Crippen LogP contribution in [0.25, 0.3) is 11.3 Å². The van der Waals surface area contributed by atoms with Crippen LogP contribution in [0.15, 0.2) is 89.3 Å². The average Bonchev–Trinajstić information content (AvgIpc) is 3.31. The molecule has 190 valence electrons. The number of carbonyl (C=O) groups is 1. The summed E-state index contributed by atoms with van der Waals surface area (Å²) in [7, 11) is 0. The van der Waals surface area contributed by atoms with E-state index in [1.165, 1.54) is 0 Å². The van der Waals surface area contributed by atoms with E-state index in [1.807, 2.05) is 55.5 Å². The van der Waals surface area contributed by atoms with Crippen LogP contribution in [0.2, 0.25) is 0 Å². The van der Waals surface area contributed by atoms with Gasteiger partial charge in [0.05, 0.1) is 0 Å². The molecule has 0 aliphatic heterocycles. The van der Waals surface area contributed by atoms with Crippen molar-refractivity contribution >= 4 is 23.7 Å². The monoisotopic (exact) mass is 516 g/mol. The van der Waals surface area contributed by atoms with Crippen molar-refractivity contribution in [3.05, 3.63) is 102 Å². The highest BCUT2D eigenvalue weighted by molar-refractivity contribution is 7.79. The quantitative estimate of drug-likeness (QED) is 0.165. The van der Waals surface area contributed by atoms with Gasteiger partial charge in [0.15, 0.2) is 11.9 Å². The largest absolute Gasteiger partial charge is 0.486 e. The van der Waals surface area contributed by atoms with Crippen molar-refractivity contribution in [1.82, 2.24) is 0 Å². The van der Waals surface area contributed by atoms with Crippen molar-refractivity contribution in [3.63, 3.8) is 0 Å². The molecule has 0 unspecified atom stereocenters. The maximum atomic E-state index is 11.1. The number of furan rings is 1. The Morgan fingerprint density at radius 3 is 2.24 bits per heavy atom. The van der Waals surface area contributed by atoms with E-state index in [4.69, 9.17) is 35.6 Å². The van der Waals surface area contributed by atoms with Gasteiger partial charge in [-0.25, -0.2) is 0 Å². The molecule has 1 heterocycles. The molecular weight excluding hydrogens is 488 g/mol. The normalized spacial score (nSPS) is 11.0. The van der Waals surface area contributed by atoms with Crippen molar-refractivity contribution in [2.24, 2.45) is 0 Å². The van der Waals surface area contributed by atoms with E-state index >= 15 is 0 Å². The van der Waals surface area contributed by atoms with Gasteiger partial charge in [0, 0.05) is 23.3 Å². The number of hydrogen-bond acceptors (Lipinski definition) is 7. The predicted octanol–water partition coefficient (Wildman–Crippen LogP) is 7.07. The topological polar surface area (TPSA) is 67.1 Å². The van der Waals surface area contributed by atoms with Crippen LogP contribution in [0.5, 0.6) is 17.2 Å². The van der Waals surface area contributed by atoms with Crippen LogP contribution in [-0.4, -0.2) is 17.1 Å². The van der Waals surface area contributed by atoms with Gasteiger partial charge in [-0.05, 0) is 63.2 Å². The smallest absolute Gasteiger partial charge is 0.358 e. The second-order valence-electron chi connectivity index (χ2n) is 8.96. The molecule has 1 aromatic heterocycles. The second kappa shape index (κ2) is 11.8. The molecule has 4 rings (SSSR count). The van der Waals surface area contributed by atoms with Crippen LogP contribution in [0, 0.1) is 6.92 Å². The van der Waals surface area contributed by atoms with Crippen LogP contribution in [0.1, 0.15) is 30.7 Å². The minimum absolute atomic E-state index is 0.0185. The first kappa shape index (κ1) is 26.0. The zero-order valence-corrected chi connectivity index (χ0v) is 21.7. The minimum atomic E-state index is -0.900. The highest BCUT2D eigenvalue weighted by Crippen LogP contribution is 2.29. The van der Waals surface area contributed by atoms with Crippen LogP contribution >= 0.6 is 12.2 Å². The molecule has 0 saturated heterocycles. The lowest BCUT2D eigenvalue weighted by atomic mass is 10.1. The van der Waals surface area contributed by atoms with Crippen molar-refractivity contribution < 1.29 is 28.2 Å². The third-order valence-corrected chi connectivity index (χ3v) is 5.58. The van der Waals surface area contributed by atoms with E-state index in [-0.39, 0.29) is 18.5 Å². The summed E-state index contributed by atoms with van der Waals surface area (Å²) in [4.78, 5) is 11.1. The fourth-order valence-electron chi connectivity index (χ4n) is 3.40. The lowest BCUT2D eigenvalue weighted by Crippen LogP contribution is -2.29. The third-order valence-electron chi connectivity index (χ3n) is 5.38. The van der Waals surface area contributed by atoms with E-state index in [9.17, 15) is 4.79 Å². The molecule has 0 bridgehead atoms. The van der Waals surface area contributed by atoms with Gasteiger partial charge in [-0.1, -0.05) is 48.0 Å². The Kier molecular flexibility index (Phi) is 8.25. The fraction of sp³-hybridized carbons (Fsp3) is 0.200. The first-order chi connectivity index (χ1) is 17.8. The van der Waals surface area contributed by atoms with Crippen molar-refractivity contribution in [1.29, 1.82) is 0 Å². The Balaban J connectivity index is 1.46. The summed E-state index contributed by atoms with van der Waals surface area (Å²) in [6.45, 7) is 5.78. The SMILES string of the molecule is Cc1ccc(-c2cc(COC(=S)Oc3ccccc3)c(COc3ccc(OC(C)(C)C=O)cc3)o2)cc1. The van der Waals surface area contributed by atoms with E-state index in [2.05, 4.69) is 0 Å². The third kappa shape index (κ3) is 7.44. The number of para-hydroxylation sites is 1. The first-order valence-corrected chi connectivity index (χ1v) is 12.2. The van der Waals surface area contributed by atoms with E-state index in [0.29, 0.717) is 28.8 Å². The maximum Gasteiger partial charge on any atom is 0.358 e. The van der Waals surface area contributed by atoms with E-state index < -0.39 is 5.60 Å². The van der Waals surface area contributed by atoms with Gasteiger partial charge in [-0.15, -0.1) is 0 Å². The number of aldehydes is 1. The first-order valence-electron chi connectivity index (χ1n) is 11.8. The zero-order chi connectivity index (χ0) is 26.3.